The first kappa shape index (κ1) is 27.9. The minimum atomic E-state index is -0.740. The predicted molar refractivity (Wildman–Crippen MR) is 153 cm³/mol. The van der Waals surface area contributed by atoms with Crippen LogP contribution in [0.15, 0.2) is 68.0 Å². The quantitative estimate of drug-likeness (QED) is 0.336. The van der Waals surface area contributed by atoms with E-state index in [1.165, 1.54) is 11.3 Å². The third-order valence-corrected chi connectivity index (χ3v) is 7.31. The zero-order chi connectivity index (χ0) is 27.6. The second kappa shape index (κ2) is 11.7. The summed E-state index contributed by atoms with van der Waals surface area (Å²) in [7, 11) is 0. The monoisotopic (exact) mass is 598 g/mol. The summed E-state index contributed by atoms with van der Waals surface area (Å²) in [5, 5.41) is 0. The van der Waals surface area contributed by atoms with Crippen LogP contribution in [-0.2, 0) is 9.53 Å². The van der Waals surface area contributed by atoms with Crippen LogP contribution in [-0.4, -0.2) is 29.4 Å². The lowest BCUT2D eigenvalue weighted by molar-refractivity contribution is -0.139. The first-order chi connectivity index (χ1) is 18.1. The number of halogens is 1. The van der Waals surface area contributed by atoms with Crippen molar-refractivity contribution in [1.82, 2.24) is 4.57 Å². The van der Waals surface area contributed by atoms with E-state index >= 15 is 0 Å². The van der Waals surface area contributed by atoms with Gasteiger partial charge in [-0.3, -0.25) is 9.36 Å². The number of nitrogens with zero attached hydrogens (tertiary/aromatic N) is 2. The molecule has 1 aliphatic rings. The molecular formula is C29H31BrN2O5S. The topological polar surface area (TPSA) is 79.1 Å². The number of ether oxygens (including phenoxy) is 3. The molecule has 0 spiro atoms. The molecule has 2 heterocycles. The van der Waals surface area contributed by atoms with Gasteiger partial charge in [0, 0.05) is 5.56 Å². The molecule has 9 heteroatoms. The van der Waals surface area contributed by atoms with Gasteiger partial charge in [0.25, 0.3) is 5.56 Å². The molecule has 4 rings (SSSR count). The van der Waals surface area contributed by atoms with Gasteiger partial charge in [-0.25, -0.2) is 9.79 Å². The third-order valence-electron chi connectivity index (χ3n) is 5.71. The van der Waals surface area contributed by atoms with Gasteiger partial charge in [-0.05, 0) is 87.3 Å². The highest BCUT2D eigenvalue weighted by Gasteiger charge is 2.35. The summed E-state index contributed by atoms with van der Waals surface area (Å²) < 4.78 is 20.2. The van der Waals surface area contributed by atoms with Gasteiger partial charge >= 0.3 is 5.97 Å². The number of hydrogen-bond donors (Lipinski definition) is 0. The van der Waals surface area contributed by atoms with Crippen LogP contribution >= 0.6 is 27.3 Å². The zero-order valence-corrected chi connectivity index (χ0v) is 24.7. The number of carbonyl (C=O) groups is 1. The smallest absolute Gasteiger partial charge is 0.338 e. The average molecular weight is 600 g/mol. The second-order valence-corrected chi connectivity index (χ2v) is 11.2. The Balaban J connectivity index is 1.91. The Labute approximate surface area is 234 Å². The Bertz CT molecular complexity index is 1570. The fraction of sp³-hybridized carbons (Fsp3) is 0.345. The van der Waals surface area contributed by atoms with Crippen molar-refractivity contribution in [2.24, 2.45) is 4.99 Å². The van der Waals surface area contributed by atoms with E-state index in [9.17, 15) is 9.59 Å². The van der Waals surface area contributed by atoms with Gasteiger partial charge in [0.05, 0.1) is 39.1 Å². The minimum Gasteiger partial charge on any atom is -0.491 e. The van der Waals surface area contributed by atoms with Crippen LogP contribution in [0.25, 0.3) is 6.08 Å². The van der Waals surface area contributed by atoms with Gasteiger partial charge in [0.1, 0.15) is 17.5 Å². The molecule has 0 aliphatic carbocycles. The van der Waals surface area contributed by atoms with Crippen molar-refractivity contribution in [2.45, 2.75) is 59.8 Å². The van der Waals surface area contributed by atoms with Crippen molar-refractivity contribution >= 4 is 39.3 Å². The SMILES string of the molecule is CCOC(=O)C1=C(C)N=c2s/c(=C\c3ccc(OC(C)C)c(Br)c3)c(=O)n2[C@H]1c1ccccc1OC(C)C. The van der Waals surface area contributed by atoms with Crippen molar-refractivity contribution in [3.8, 4) is 11.5 Å². The molecule has 0 radical (unpaired) electrons. The van der Waals surface area contributed by atoms with Crippen molar-refractivity contribution < 1.29 is 19.0 Å². The van der Waals surface area contributed by atoms with E-state index in [2.05, 4.69) is 20.9 Å². The summed E-state index contributed by atoms with van der Waals surface area (Å²) in [5.41, 5.74) is 2.12. The number of thiazole rings is 1. The van der Waals surface area contributed by atoms with Crippen molar-refractivity contribution in [3.05, 3.63) is 89.0 Å². The van der Waals surface area contributed by atoms with E-state index in [-0.39, 0.29) is 24.4 Å². The third kappa shape index (κ3) is 5.78. The normalized spacial score (nSPS) is 15.5. The molecular weight excluding hydrogens is 568 g/mol. The lowest BCUT2D eigenvalue weighted by Crippen LogP contribution is -2.40. The first-order valence-electron chi connectivity index (χ1n) is 12.5. The molecule has 0 saturated carbocycles. The molecule has 0 bridgehead atoms. The van der Waals surface area contributed by atoms with Gasteiger partial charge in [-0.1, -0.05) is 35.6 Å². The van der Waals surface area contributed by atoms with Crippen molar-refractivity contribution in [3.63, 3.8) is 0 Å². The van der Waals surface area contributed by atoms with Crippen LogP contribution in [0.5, 0.6) is 11.5 Å². The van der Waals surface area contributed by atoms with Gasteiger partial charge in [-0.2, -0.15) is 0 Å². The number of benzene rings is 2. The van der Waals surface area contributed by atoms with E-state index in [1.54, 1.807) is 18.4 Å². The average Bonchev–Trinajstić information content (AvgIpc) is 3.14. The maximum absolute atomic E-state index is 13.9. The predicted octanol–water partition coefficient (Wildman–Crippen LogP) is 5.14. The van der Waals surface area contributed by atoms with Gasteiger partial charge in [-0.15, -0.1) is 0 Å². The van der Waals surface area contributed by atoms with Crippen molar-refractivity contribution in [1.29, 1.82) is 0 Å². The molecule has 0 N–H and O–H groups in total. The van der Waals surface area contributed by atoms with Crippen LogP contribution in [0.2, 0.25) is 0 Å². The molecule has 1 aromatic heterocycles. The fourth-order valence-corrected chi connectivity index (χ4v) is 5.80. The Morgan fingerprint density at radius 1 is 1.11 bits per heavy atom. The van der Waals surface area contributed by atoms with Crippen LogP contribution in [0.3, 0.4) is 0 Å². The molecule has 38 heavy (non-hydrogen) atoms. The van der Waals surface area contributed by atoms with E-state index in [4.69, 9.17) is 14.2 Å². The number of allylic oxidation sites excluding steroid dienone is 1. The molecule has 1 atom stereocenters. The fourth-order valence-electron chi connectivity index (χ4n) is 4.26. The van der Waals surface area contributed by atoms with Crippen molar-refractivity contribution in [2.75, 3.05) is 6.61 Å². The lowest BCUT2D eigenvalue weighted by atomic mass is 9.95. The van der Waals surface area contributed by atoms with Gasteiger partial charge in [0.15, 0.2) is 4.80 Å². The summed E-state index contributed by atoms with van der Waals surface area (Å²) in [6, 6.07) is 12.4. The highest BCUT2D eigenvalue weighted by molar-refractivity contribution is 9.10. The second-order valence-electron chi connectivity index (χ2n) is 9.36. The number of para-hydroxylation sites is 1. The number of aromatic nitrogens is 1. The van der Waals surface area contributed by atoms with Gasteiger partial charge in [0.2, 0.25) is 0 Å². The lowest BCUT2D eigenvalue weighted by Gasteiger charge is -2.26. The maximum atomic E-state index is 13.9. The van der Waals surface area contributed by atoms with E-state index in [1.807, 2.05) is 76.2 Å². The van der Waals surface area contributed by atoms with E-state index in [0.29, 0.717) is 31.9 Å². The molecule has 7 nitrogen and oxygen atoms in total. The molecule has 3 aromatic rings. The minimum absolute atomic E-state index is 0.0419. The Hall–Kier alpha value is -3.17. The molecule has 1 aliphatic heterocycles. The molecule has 0 saturated heterocycles. The molecule has 2 aromatic carbocycles. The number of rotatable bonds is 8. The maximum Gasteiger partial charge on any atom is 0.338 e. The summed E-state index contributed by atoms with van der Waals surface area (Å²) in [6.07, 6.45) is 1.77. The summed E-state index contributed by atoms with van der Waals surface area (Å²) in [5.74, 6) is 0.829. The standard InChI is InChI=1S/C29H31BrN2O5S/c1-7-35-28(34)25-18(6)31-29-32(26(25)20-10-8-9-11-22(20)36-16(2)3)27(33)24(38-29)15-19-12-13-23(21(30)14-19)37-17(4)5/h8-17,26H,7H2,1-6H3/b24-15-/t26-/m0/s1. The zero-order valence-electron chi connectivity index (χ0n) is 22.3. The Morgan fingerprint density at radius 3 is 2.45 bits per heavy atom. The number of esters is 1. The van der Waals surface area contributed by atoms with Crippen LogP contribution in [0, 0.1) is 0 Å². The van der Waals surface area contributed by atoms with E-state index in [0.717, 1.165) is 15.8 Å². The molecule has 0 fully saturated rings. The largest absolute Gasteiger partial charge is 0.491 e. The Morgan fingerprint density at radius 2 is 1.79 bits per heavy atom. The van der Waals surface area contributed by atoms with Crippen LogP contribution in [0.4, 0.5) is 0 Å². The van der Waals surface area contributed by atoms with Gasteiger partial charge < -0.3 is 14.2 Å². The van der Waals surface area contributed by atoms with Crippen LogP contribution < -0.4 is 24.4 Å². The first-order valence-corrected chi connectivity index (χ1v) is 14.1. The molecule has 0 unspecified atom stereocenters. The summed E-state index contributed by atoms with van der Waals surface area (Å²) >= 11 is 4.84. The van der Waals surface area contributed by atoms with E-state index < -0.39 is 12.0 Å². The number of carbonyl (C=O) groups excluding carboxylic acids is 1. The summed E-state index contributed by atoms with van der Waals surface area (Å²) in [4.78, 5) is 32.2. The summed E-state index contributed by atoms with van der Waals surface area (Å²) in [6.45, 7) is 11.5. The highest BCUT2D eigenvalue weighted by Crippen LogP contribution is 2.36. The molecule has 0 amide bonds. The Kier molecular flexibility index (Phi) is 8.57. The highest BCUT2D eigenvalue weighted by atomic mass is 79.9. The van der Waals surface area contributed by atoms with Crippen LogP contribution in [0.1, 0.15) is 58.7 Å². The molecule has 200 valence electrons. The number of hydrogen-bond acceptors (Lipinski definition) is 7. The number of fused-ring (bicyclic) bond motifs is 1.